The van der Waals surface area contributed by atoms with Gasteiger partial charge in [-0.3, -0.25) is 4.79 Å². The lowest BCUT2D eigenvalue weighted by Gasteiger charge is -2.37. The van der Waals surface area contributed by atoms with Gasteiger partial charge in [0, 0.05) is 44.5 Å². The van der Waals surface area contributed by atoms with Crippen molar-refractivity contribution in [3.63, 3.8) is 0 Å². The Hall–Kier alpha value is -1.79. The van der Waals surface area contributed by atoms with Crippen LogP contribution in [0.3, 0.4) is 0 Å². The summed E-state index contributed by atoms with van der Waals surface area (Å²) in [7, 11) is 1.67. The van der Waals surface area contributed by atoms with E-state index in [9.17, 15) is 9.90 Å². The van der Waals surface area contributed by atoms with Crippen molar-refractivity contribution in [2.24, 2.45) is 0 Å². The Morgan fingerprint density at radius 1 is 1.32 bits per heavy atom. The lowest BCUT2D eigenvalue weighted by Crippen LogP contribution is -2.53. The molecule has 2 aliphatic rings. The molecule has 22 heavy (non-hydrogen) atoms. The van der Waals surface area contributed by atoms with Crippen LogP contribution in [0.4, 0.5) is 5.69 Å². The molecule has 0 saturated carbocycles. The van der Waals surface area contributed by atoms with E-state index >= 15 is 0 Å². The molecule has 1 amide bonds. The monoisotopic (exact) mass is 305 g/mol. The van der Waals surface area contributed by atoms with Gasteiger partial charge in [0.1, 0.15) is 5.75 Å². The van der Waals surface area contributed by atoms with Crippen LogP contribution in [-0.2, 0) is 4.79 Å². The van der Waals surface area contributed by atoms with Crippen molar-refractivity contribution in [1.82, 2.24) is 10.2 Å². The molecule has 1 aromatic rings. The van der Waals surface area contributed by atoms with Crippen LogP contribution < -0.4 is 15.0 Å². The standard InChI is InChI=1S/C16H23N3O3/c1-22-14-4-2-3-12(9-14)18-5-7-19(8-6-18)16(21)15-10-13(20)11-17-15/h2-4,9,13,15,17,20H,5-8,10-11H2,1H3/t13-,15-/m1/s1. The number of benzene rings is 1. The summed E-state index contributed by atoms with van der Waals surface area (Å²) in [6, 6.07) is 7.77. The van der Waals surface area contributed by atoms with Gasteiger partial charge in [-0.05, 0) is 18.6 Å². The number of nitrogens with zero attached hydrogens (tertiary/aromatic N) is 2. The highest BCUT2D eigenvalue weighted by molar-refractivity contribution is 5.82. The molecule has 2 fully saturated rings. The molecule has 3 rings (SSSR count). The summed E-state index contributed by atoms with van der Waals surface area (Å²) in [4.78, 5) is 16.6. The molecular weight excluding hydrogens is 282 g/mol. The SMILES string of the molecule is COc1cccc(N2CCN(C(=O)[C@H]3C[C@@H](O)CN3)CC2)c1. The summed E-state index contributed by atoms with van der Waals surface area (Å²) in [5.41, 5.74) is 1.13. The first-order chi connectivity index (χ1) is 10.7. The summed E-state index contributed by atoms with van der Waals surface area (Å²) in [5, 5.41) is 12.6. The molecule has 0 aliphatic carbocycles. The van der Waals surface area contributed by atoms with Crippen LogP contribution in [0.1, 0.15) is 6.42 Å². The summed E-state index contributed by atoms with van der Waals surface area (Å²) in [5.74, 6) is 0.960. The Kier molecular flexibility index (Phi) is 4.49. The van der Waals surface area contributed by atoms with Crippen molar-refractivity contribution in [1.29, 1.82) is 0 Å². The van der Waals surface area contributed by atoms with E-state index in [0.717, 1.165) is 24.5 Å². The number of carbonyl (C=O) groups is 1. The highest BCUT2D eigenvalue weighted by Gasteiger charge is 2.32. The first kappa shape index (κ1) is 15.1. The van der Waals surface area contributed by atoms with E-state index in [0.29, 0.717) is 26.1 Å². The quantitative estimate of drug-likeness (QED) is 0.827. The molecule has 2 saturated heterocycles. The predicted octanol–water partition coefficient (Wildman–Crippen LogP) is 0.0666. The van der Waals surface area contributed by atoms with Crippen molar-refractivity contribution < 1.29 is 14.6 Å². The van der Waals surface area contributed by atoms with Crippen LogP contribution in [0.15, 0.2) is 24.3 Å². The van der Waals surface area contributed by atoms with Crippen molar-refractivity contribution in [2.45, 2.75) is 18.6 Å². The molecule has 2 heterocycles. The normalized spacial score (nSPS) is 25.4. The number of anilines is 1. The van der Waals surface area contributed by atoms with E-state index in [4.69, 9.17) is 4.74 Å². The fourth-order valence-corrected chi connectivity index (χ4v) is 3.12. The van der Waals surface area contributed by atoms with Gasteiger partial charge in [0.25, 0.3) is 0 Å². The van der Waals surface area contributed by atoms with Crippen LogP contribution >= 0.6 is 0 Å². The highest BCUT2D eigenvalue weighted by atomic mass is 16.5. The molecular formula is C16H23N3O3. The van der Waals surface area contributed by atoms with Gasteiger partial charge in [0.15, 0.2) is 0 Å². The summed E-state index contributed by atoms with van der Waals surface area (Å²) >= 11 is 0. The molecule has 6 heteroatoms. The molecule has 1 aromatic carbocycles. The third-order valence-corrected chi connectivity index (χ3v) is 4.42. The molecule has 0 bridgehead atoms. The number of hydrogen-bond donors (Lipinski definition) is 2. The predicted molar refractivity (Wildman–Crippen MR) is 84.2 cm³/mol. The van der Waals surface area contributed by atoms with Crippen LogP contribution in [-0.4, -0.2) is 67.9 Å². The van der Waals surface area contributed by atoms with Crippen LogP contribution in [0.25, 0.3) is 0 Å². The van der Waals surface area contributed by atoms with Gasteiger partial charge in [-0.25, -0.2) is 0 Å². The lowest BCUT2D eigenvalue weighted by molar-refractivity contribution is -0.133. The maximum Gasteiger partial charge on any atom is 0.239 e. The number of ether oxygens (including phenoxy) is 1. The molecule has 0 spiro atoms. The first-order valence-electron chi connectivity index (χ1n) is 7.76. The number of carbonyl (C=O) groups excluding carboxylic acids is 1. The van der Waals surface area contributed by atoms with Gasteiger partial charge in [-0.2, -0.15) is 0 Å². The smallest absolute Gasteiger partial charge is 0.239 e. The van der Waals surface area contributed by atoms with Crippen molar-refractivity contribution >= 4 is 11.6 Å². The minimum atomic E-state index is -0.396. The maximum absolute atomic E-state index is 12.4. The van der Waals surface area contributed by atoms with Crippen LogP contribution in [0.5, 0.6) is 5.75 Å². The molecule has 2 N–H and O–H groups in total. The van der Waals surface area contributed by atoms with Crippen LogP contribution in [0, 0.1) is 0 Å². The first-order valence-corrected chi connectivity index (χ1v) is 7.76. The molecule has 0 aromatic heterocycles. The molecule has 2 atom stereocenters. The fourth-order valence-electron chi connectivity index (χ4n) is 3.12. The minimum Gasteiger partial charge on any atom is -0.497 e. The third kappa shape index (κ3) is 3.18. The second-order valence-corrected chi connectivity index (χ2v) is 5.86. The zero-order chi connectivity index (χ0) is 15.5. The van der Waals surface area contributed by atoms with Crippen molar-refractivity contribution in [3.8, 4) is 5.75 Å². The van der Waals surface area contributed by atoms with Gasteiger partial charge >= 0.3 is 0 Å². The summed E-state index contributed by atoms with van der Waals surface area (Å²) < 4.78 is 5.26. The van der Waals surface area contributed by atoms with E-state index in [1.54, 1.807) is 7.11 Å². The van der Waals surface area contributed by atoms with Gasteiger partial charge in [-0.1, -0.05) is 6.07 Å². The molecule has 2 aliphatic heterocycles. The Morgan fingerprint density at radius 3 is 2.73 bits per heavy atom. The number of nitrogens with one attached hydrogen (secondary N) is 1. The number of aliphatic hydroxyl groups excluding tert-OH is 1. The zero-order valence-corrected chi connectivity index (χ0v) is 12.9. The Balaban J connectivity index is 1.56. The van der Waals surface area contributed by atoms with Gasteiger partial charge in [0.05, 0.1) is 19.3 Å². The van der Waals surface area contributed by atoms with E-state index in [-0.39, 0.29) is 11.9 Å². The second-order valence-electron chi connectivity index (χ2n) is 5.86. The van der Waals surface area contributed by atoms with Gasteiger partial charge in [0.2, 0.25) is 5.91 Å². The Bertz CT molecular complexity index is 529. The van der Waals surface area contributed by atoms with E-state index in [1.165, 1.54) is 0 Å². The average molecular weight is 305 g/mol. The maximum atomic E-state index is 12.4. The molecule has 0 radical (unpaired) electrons. The molecule has 6 nitrogen and oxygen atoms in total. The largest absolute Gasteiger partial charge is 0.497 e. The van der Waals surface area contributed by atoms with Gasteiger partial charge < -0.3 is 25.0 Å². The third-order valence-electron chi connectivity index (χ3n) is 4.42. The van der Waals surface area contributed by atoms with Crippen molar-refractivity contribution in [2.75, 3.05) is 44.7 Å². The number of amides is 1. The summed E-state index contributed by atoms with van der Waals surface area (Å²) in [6.07, 6.45) is 0.126. The van der Waals surface area contributed by atoms with Gasteiger partial charge in [-0.15, -0.1) is 0 Å². The number of β-amino-alcohol motifs (C(OH)–C–C–N with tert-alkyl or cyclic N) is 1. The van der Waals surface area contributed by atoms with Crippen molar-refractivity contribution in [3.05, 3.63) is 24.3 Å². The molecule has 0 unspecified atom stereocenters. The van der Waals surface area contributed by atoms with Crippen LogP contribution in [0.2, 0.25) is 0 Å². The van der Waals surface area contributed by atoms with E-state index in [2.05, 4.69) is 16.3 Å². The zero-order valence-electron chi connectivity index (χ0n) is 12.9. The topological polar surface area (TPSA) is 65.0 Å². The minimum absolute atomic E-state index is 0.113. The highest BCUT2D eigenvalue weighted by Crippen LogP contribution is 2.22. The Labute approximate surface area is 130 Å². The molecule has 120 valence electrons. The number of piperazine rings is 1. The fraction of sp³-hybridized carbons (Fsp3) is 0.562. The number of methoxy groups -OCH3 is 1. The average Bonchev–Trinajstić information content (AvgIpc) is 3.01. The van der Waals surface area contributed by atoms with E-state index < -0.39 is 6.10 Å². The second kappa shape index (κ2) is 6.54. The number of aliphatic hydroxyl groups is 1. The number of hydrogen-bond acceptors (Lipinski definition) is 5. The van der Waals surface area contributed by atoms with E-state index in [1.807, 2.05) is 23.1 Å². The summed E-state index contributed by atoms with van der Waals surface area (Å²) in [6.45, 7) is 3.57. The lowest BCUT2D eigenvalue weighted by atomic mass is 10.1. The number of rotatable bonds is 3. The Morgan fingerprint density at radius 2 is 2.09 bits per heavy atom.